The molecule has 0 aromatic heterocycles. The van der Waals surface area contributed by atoms with E-state index in [2.05, 4.69) is 11.9 Å². The first-order valence-electron chi connectivity index (χ1n) is 9.22. The molecule has 2 aromatic carbocycles. The second-order valence-electron chi connectivity index (χ2n) is 6.30. The van der Waals surface area contributed by atoms with E-state index in [0.717, 1.165) is 4.90 Å². The summed E-state index contributed by atoms with van der Waals surface area (Å²) in [4.78, 5) is 38.5. The molecule has 0 aliphatic carbocycles. The van der Waals surface area contributed by atoms with Crippen LogP contribution in [0.15, 0.2) is 54.6 Å². The highest BCUT2D eigenvalue weighted by Gasteiger charge is 2.36. The number of urea groups is 1. The van der Waals surface area contributed by atoms with Crippen LogP contribution in [-0.4, -0.2) is 31.1 Å². The summed E-state index contributed by atoms with van der Waals surface area (Å²) in [7, 11) is 0. The van der Waals surface area contributed by atoms with Gasteiger partial charge in [-0.3, -0.25) is 14.9 Å². The van der Waals surface area contributed by atoms with Crippen molar-refractivity contribution in [2.75, 3.05) is 18.1 Å². The molecule has 1 saturated heterocycles. The minimum atomic E-state index is -0.851. The number of carbonyl (C=O) groups is 3. The maximum absolute atomic E-state index is 13.0. The van der Waals surface area contributed by atoms with Gasteiger partial charge in [-0.05, 0) is 55.0 Å². The predicted octanol–water partition coefficient (Wildman–Crippen LogP) is 4.62. The topological polar surface area (TPSA) is 84.9 Å². The van der Waals surface area contributed by atoms with Gasteiger partial charge in [0.1, 0.15) is 12.2 Å². The van der Waals surface area contributed by atoms with Gasteiger partial charge in [0.15, 0.2) is 11.5 Å². The Morgan fingerprint density at radius 3 is 2.45 bits per heavy atom. The number of imide groups is 2. The third kappa shape index (κ3) is 4.90. The summed E-state index contributed by atoms with van der Waals surface area (Å²) >= 11 is 12.2. The highest BCUT2D eigenvalue weighted by Crippen LogP contribution is 2.37. The van der Waals surface area contributed by atoms with Crippen LogP contribution < -0.4 is 19.7 Å². The summed E-state index contributed by atoms with van der Waals surface area (Å²) in [6, 6.07) is 8.34. The number of anilines is 1. The number of ether oxygens (including phenoxy) is 2. The van der Waals surface area contributed by atoms with E-state index in [1.165, 1.54) is 36.4 Å². The summed E-state index contributed by atoms with van der Waals surface area (Å²) in [6.07, 6.45) is 2.90. The van der Waals surface area contributed by atoms with Gasteiger partial charge in [-0.25, -0.2) is 9.69 Å². The maximum atomic E-state index is 13.0. The molecule has 1 aliphatic rings. The zero-order valence-corrected chi connectivity index (χ0v) is 18.0. The minimum absolute atomic E-state index is 0.222. The van der Waals surface area contributed by atoms with Crippen molar-refractivity contribution in [2.45, 2.75) is 6.92 Å². The number of benzene rings is 2. The first-order chi connectivity index (χ1) is 14.8. The Morgan fingerprint density at radius 2 is 1.81 bits per heavy atom. The Kier molecular flexibility index (Phi) is 6.99. The van der Waals surface area contributed by atoms with E-state index in [1.807, 2.05) is 0 Å². The van der Waals surface area contributed by atoms with Gasteiger partial charge < -0.3 is 9.47 Å². The van der Waals surface area contributed by atoms with Crippen molar-refractivity contribution < 1.29 is 23.9 Å². The number of carbonyl (C=O) groups excluding carboxylic acids is 3. The third-order valence-electron chi connectivity index (χ3n) is 4.17. The van der Waals surface area contributed by atoms with Crippen LogP contribution in [0.5, 0.6) is 11.5 Å². The number of rotatable bonds is 7. The fourth-order valence-electron chi connectivity index (χ4n) is 2.87. The Labute approximate surface area is 188 Å². The molecular weight excluding hydrogens is 443 g/mol. The third-order valence-corrected chi connectivity index (χ3v) is 4.71. The summed E-state index contributed by atoms with van der Waals surface area (Å²) in [5.41, 5.74) is 0.447. The van der Waals surface area contributed by atoms with E-state index >= 15 is 0 Å². The number of amides is 4. The summed E-state index contributed by atoms with van der Waals surface area (Å²) in [5, 5.41) is 2.84. The molecule has 0 unspecified atom stereocenters. The van der Waals surface area contributed by atoms with Gasteiger partial charge in [0, 0.05) is 5.02 Å². The molecule has 0 saturated carbocycles. The van der Waals surface area contributed by atoms with Gasteiger partial charge in [-0.1, -0.05) is 35.9 Å². The fraction of sp³-hybridized carbons (Fsp3) is 0.136. The Bertz CT molecular complexity index is 1080. The van der Waals surface area contributed by atoms with Crippen LogP contribution >= 0.6 is 23.2 Å². The Morgan fingerprint density at radius 1 is 1.10 bits per heavy atom. The molecule has 1 heterocycles. The van der Waals surface area contributed by atoms with Crippen molar-refractivity contribution in [1.29, 1.82) is 0 Å². The molecule has 3 rings (SSSR count). The van der Waals surface area contributed by atoms with Crippen LogP contribution in [0.3, 0.4) is 0 Å². The second kappa shape index (κ2) is 9.68. The van der Waals surface area contributed by atoms with Crippen molar-refractivity contribution in [3.05, 3.63) is 70.2 Å². The summed E-state index contributed by atoms with van der Waals surface area (Å²) < 4.78 is 11.1. The molecule has 9 heteroatoms. The van der Waals surface area contributed by atoms with Crippen molar-refractivity contribution in [3.63, 3.8) is 0 Å². The van der Waals surface area contributed by atoms with Crippen LogP contribution in [0, 0.1) is 0 Å². The first kappa shape index (κ1) is 22.4. The molecule has 2 aromatic rings. The molecule has 31 heavy (non-hydrogen) atoms. The zero-order valence-electron chi connectivity index (χ0n) is 16.5. The number of halogens is 2. The predicted molar refractivity (Wildman–Crippen MR) is 119 cm³/mol. The van der Waals surface area contributed by atoms with E-state index in [1.54, 1.807) is 19.1 Å². The monoisotopic (exact) mass is 460 g/mol. The Balaban J connectivity index is 2.01. The molecule has 1 aliphatic heterocycles. The van der Waals surface area contributed by atoms with Gasteiger partial charge in [-0.2, -0.15) is 0 Å². The smallest absolute Gasteiger partial charge is 0.335 e. The average molecular weight is 461 g/mol. The molecule has 7 nitrogen and oxygen atoms in total. The molecular formula is C22H18Cl2N2O5. The standard InChI is InChI=1S/C22H18Cl2N2O5/c1-3-9-31-19-17(24)11-13(12-18(19)30-4-2)10-16-20(27)25-22(29)26(21(16)28)15-7-5-14(23)6-8-15/h3,5-8,10-12H,1,4,9H2,2H3,(H,25,27,29)/b16-10+. The highest BCUT2D eigenvalue weighted by atomic mass is 35.5. The van der Waals surface area contributed by atoms with Crippen LogP contribution in [0.2, 0.25) is 10.0 Å². The largest absolute Gasteiger partial charge is 0.490 e. The first-order valence-corrected chi connectivity index (χ1v) is 9.98. The average Bonchev–Trinajstić information content (AvgIpc) is 2.72. The molecule has 0 atom stereocenters. The van der Waals surface area contributed by atoms with Gasteiger partial charge in [0.2, 0.25) is 0 Å². The van der Waals surface area contributed by atoms with Crippen LogP contribution in [0.1, 0.15) is 12.5 Å². The second-order valence-corrected chi connectivity index (χ2v) is 7.14. The van der Waals surface area contributed by atoms with E-state index in [-0.39, 0.29) is 22.9 Å². The molecule has 0 bridgehead atoms. The Hall–Kier alpha value is -3.29. The number of nitrogens with zero attached hydrogens (tertiary/aromatic N) is 1. The molecule has 0 spiro atoms. The van der Waals surface area contributed by atoms with Gasteiger partial charge >= 0.3 is 6.03 Å². The quantitative estimate of drug-likeness (QED) is 0.370. The van der Waals surface area contributed by atoms with Gasteiger partial charge in [-0.15, -0.1) is 0 Å². The van der Waals surface area contributed by atoms with Crippen molar-refractivity contribution >= 4 is 52.8 Å². The lowest BCUT2D eigenvalue weighted by Gasteiger charge is -2.26. The lowest BCUT2D eigenvalue weighted by molar-refractivity contribution is -0.122. The molecule has 0 radical (unpaired) electrons. The zero-order chi connectivity index (χ0) is 22.5. The van der Waals surface area contributed by atoms with E-state index in [0.29, 0.717) is 28.7 Å². The number of hydrogen-bond donors (Lipinski definition) is 1. The summed E-state index contributed by atoms with van der Waals surface area (Å²) in [6.45, 7) is 5.96. The van der Waals surface area contributed by atoms with Crippen LogP contribution in [-0.2, 0) is 9.59 Å². The van der Waals surface area contributed by atoms with E-state index in [4.69, 9.17) is 32.7 Å². The SMILES string of the molecule is C=CCOc1c(Cl)cc(/C=C2\C(=O)NC(=O)N(c3ccc(Cl)cc3)C2=O)cc1OCC. The van der Waals surface area contributed by atoms with Crippen molar-refractivity contribution in [3.8, 4) is 11.5 Å². The lowest BCUT2D eigenvalue weighted by Crippen LogP contribution is -2.54. The molecule has 1 N–H and O–H groups in total. The number of barbiturate groups is 1. The maximum Gasteiger partial charge on any atom is 0.335 e. The highest BCUT2D eigenvalue weighted by molar-refractivity contribution is 6.39. The van der Waals surface area contributed by atoms with Gasteiger partial charge in [0.25, 0.3) is 11.8 Å². The number of nitrogens with one attached hydrogen (secondary N) is 1. The van der Waals surface area contributed by atoms with Crippen LogP contribution in [0.4, 0.5) is 10.5 Å². The number of hydrogen-bond acceptors (Lipinski definition) is 5. The molecule has 160 valence electrons. The summed E-state index contributed by atoms with van der Waals surface area (Å²) in [5.74, 6) is -0.931. The molecule has 1 fully saturated rings. The van der Waals surface area contributed by atoms with Crippen LogP contribution in [0.25, 0.3) is 6.08 Å². The van der Waals surface area contributed by atoms with E-state index in [9.17, 15) is 14.4 Å². The van der Waals surface area contributed by atoms with Crippen molar-refractivity contribution in [2.24, 2.45) is 0 Å². The van der Waals surface area contributed by atoms with Crippen molar-refractivity contribution in [1.82, 2.24) is 5.32 Å². The van der Waals surface area contributed by atoms with Gasteiger partial charge in [0.05, 0.1) is 17.3 Å². The minimum Gasteiger partial charge on any atom is -0.490 e. The normalized spacial score (nSPS) is 15.1. The lowest BCUT2D eigenvalue weighted by atomic mass is 10.1. The van der Waals surface area contributed by atoms with E-state index < -0.39 is 17.8 Å². The fourth-order valence-corrected chi connectivity index (χ4v) is 3.26. The molecule has 4 amide bonds.